The summed E-state index contributed by atoms with van der Waals surface area (Å²) < 4.78 is 17.4. The summed E-state index contributed by atoms with van der Waals surface area (Å²) in [6.07, 6.45) is 3.61. The lowest BCUT2D eigenvalue weighted by atomic mass is 9.72. The van der Waals surface area contributed by atoms with Gasteiger partial charge < -0.3 is 29.5 Å². The molecule has 28 heavy (non-hydrogen) atoms. The molecule has 2 heterocycles. The summed E-state index contributed by atoms with van der Waals surface area (Å²) in [5, 5.41) is 30.7. The summed E-state index contributed by atoms with van der Waals surface area (Å²) in [5.74, 6) is -0.412. The number of carbonyl (C=O) groups is 1. The molecule has 0 aromatic carbocycles. The average Bonchev–Trinajstić information content (AvgIpc) is 3.31. The molecule has 2 fully saturated rings. The van der Waals surface area contributed by atoms with E-state index in [-0.39, 0.29) is 12.7 Å². The predicted molar refractivity (Wildman–Crippen MR) is 102 cm³/mol. The fraction of sp³-hybridized carbons (Fsp3) is 0.762. The van der Waals surface area contributed by atoms with Crippen molar-refractivity contribution in [3.63, 3.8) is 0 Å². The molecule has 3 aliphatic rings. The Labute approximate surface area is 166 Å². The Hall–Kier alpha value is -1.25. The van der Waals surface area contributed by atoms with Gasteiger partial charge in [-0.2, -0.15) is 0 Å². The number of ether oxygens (including phenoxy) is 3. The first-order valence-electron chi connectivity index (χ1n) is 10.0. The summed E-state index contributed by atoms with van der Waals surface area (Å²) in [6, 6.07) is 0. The van der Waals surface area contributed by atoms with Crippen LogP contribution in [0, 0.1) is 0 Å². The van der Waals surface area contributed by atoms with Crippen LogP contribution in [0.5, 0.6) is 0 Å². The van der Waals surface area contributed by atoms with E-state index in [9.17, 15) is 20.1 Å². The molecule has 0 saturated carbocycles. The molecule has 0 unspecified atom stereocenters. The minimum atomic E-state index is -0.869. The molecule has 7 heteroatoms. The Morgan fingerprint density at radius 1 is 1.36 bits per heavy atom. The predicted octanol–water partition coefficient (Wildman–Crippen LogP) is 1.39. The monoisotopic (exact) mass is 396 g/mol. The van der Waals surface area contributed by atoms with Gasteiger partial charge in [0.15, 0.2) is 0 Å². The summed E-state index contributed by atoms with van der Waals surface area (Å²) in [4.78, 5) is 11.4. The minimum Gasteiger partial charge on any atom is -0.461 e. The highest BCUT2D eigenvalue weighted by atomic mass is 16.7. The molecule has 7 nitrogen and oxygen atoms in total. The van der Waals surface area contributed by atoms with E-state index in [0.717, 1.165) is 12.8 Å². The minimum absolute atomic E-state index is 0.00835. The van der Waals surface area contributed by atoms with Gasteiger partial charge in [0, 0.05) is 18.9 Å². The van der Waals surface area contributed by atoms with Gasteiger partial charge in [0.05, 0.1) is 17.8 Å². The topological polar surface area (TPSA) is 109 Å². The van der Waals surface area contributed by atoms with Crippen LogP contribution < -0.4 is 0 Å². The molecule has 3 rings (SSSR count). The van der Waals surface area contributed by atoms with Crippen molar-refractivity contribution in [1.82, 2.24) is 0 Å². The SMILES string of the molecule is CC(=O)OCC1=C(/C=C/CCC[C@H](C)O)[C@@H](O)[C@@H]2O[C@@]23C[C@H](O)C(C)(C)O[C@@H]13. The molecular formula is C21H32O7. The van der Waals surface area contributed by atoms with Gasteiger partial charge in [0.1, 0.15) is 30.5 Å². The van der Waals surface area contributed by atoms with Crippen LogP contribution in [0.3, 0.4) is 0 Å². The number of aliphatic hydroxyl groups is 3. The molecule has 0 aromatic heterocycles. The van der Waals surface area contributed by atoms with Crippen LogP contribution in [-0.2, 0) is 19.0 Å². The number of aliphatic hydroxyl groups excluding tert-OH is 3. The third-order valence-electron chi connectivity index (χ3n) is 5.96. The van der Waals surface area contributed by atoms with Crippen LogP contribution in [0.1, 0.15) is 53.4 Å². The molecule has 2 saturated heterocycles. The Balaban J connectivity index is 1.87. The van der Waals surface area contributed by atoms with Crippen molar-refractivity contribution >= 4 is 5.97 Å². The normalized spacial score (nSPS) is 37.4. The van der Waals surface area contributed by atoms with Crippen molar-refractivity contribution in [2.24, 2.45) is 0 Å². The number of hydrogen-bond acceptors (Lipinski definition) is 7. The summed E-state index contributed by atoms with van der Waals surface area (Å²) in [6.45, 7) is 6.75. The van der Waals surface area contributed by atoms with Crippen molar-refractivity contribution in [3.8, 4) is 0 Å². The van der Waals surface area contributed by atoms with E-state index in [1.54, 1.807) is 6.92 Å². The van der Waals surface area contributed by atoms with Crippen molar-refractivity contribution in [3.05, 3.63) is 23.3 Å². The maximum atomic E-state index is 11.4. The van der Waals surface area contributed by atoms with Crippen molar-refractivity contribution in [1.29, 1.82) is 0 Å². The molecule has 158 valence electrons. The van der Waals surface area contributed by atoms with Crippen LogP contribution in [0.4, 0.5) is 0 Å². The largest absolute Gasteiger partial charge is 0.461 e. The van der Waals surface area contributed by atoms with Gasteiger partial charge in [-0.05, 0) is 45.6 Å². The molecule has 3 N–H and O–H groups in total. The number of epoxide rings is 1. The van der Waals surface area contributed by atoms with E-state index in [2.05, 4.69) is 0 Å². The highest BCUT2D eigenvalue weighted by Gasteiger charge is 2.72. The van der Waals surface area contributed by atoms with Crippen LogP contribution in [-0.4, -0.2) is 69.6 Å². The molecule has 6 atom stereocenters. The Morgan fingerprint density at radius 3 is 2.71 bits per heavy atom. The molecule has 0 aromatic rings. The van der Waals surface area contributed by atoms with Gasteiger partial charge >= 0.3 is 5.97 Å². The van der Waals surface area contributed by atoms with Gasteiger partial charge in [0.2, 0.25) is 0 Å². The van der Waals surface area contributed by atoms with E-state index in [4.69, 9.17) is 14.2 Å². The number of carbonyl (C=O) groups excluding carboxylic acids is 1. The van der Waals surface area contributed by atoms with Crippen LogP contribution in [0.2, 0.25) is 0 Å². The molecule has 1 spiro atoms. The molecule has 2 aliphatic heterocycles. The van der Waals surface area contributed by atoms with Crippen molar-refractivity contribution < 1.29 is 34.3 Å². The van der Waals surface area contributed by atoms with Gasteiger partial charge in [-0.15, -0.1) is 0 Å². The summed E-state index contributed by atoms with van der Waals surface area (Å²) in [5.41, 5.74) is -0.215. The lowest BCUT2D eigenvalue weighted by Crippen LogP contribution is -2.59. The number of hydrogen-bond donors (Lipinski definition) is 3. The second-order valence-corrected chi connectivity index (χ2v) is 8.70. The fourth-order valence-electron chi connectivity index (χ4n) is 4.20. The lowest BCUT2D eigenvalue weighted by Gasteiger charge is -2.46. The Bertz CT molecular complexity index is 666. The maximum Gasteiger partial charge on any atom is 0.302 e. The second-order valence-electron chi connectivity index (χ2n) is 8.70. The summed E-state index contributed by atoms with van der Waals surface area (Å²) in [7, 11) is 0. The number of esters is 1. The zero-order valence-corrected chi connectivity index (χ0v) is 17.1. The first-order valence-corrected chi connectivity index (χ1v) is 10.0. The van der Waals surface area contributed by atoms with E-state index < -0.39 is 41.6 Å². The Morgan fingerprint density at radius 2 is 2.07 bits per heavy atom. The molecule has 1 aliphatic carbocycles. The van der Waals surface area contributed by atoms with E-state index in [1.807, 2.05) is 26.0 Å². The van der Waals surface area contributed by atoms with Gasteiger partial charge in [0.25, 0.3) is 0 Å². The first kappa shape index (κ1) is 21.5. The number of rotatable bonds is 7. The van der Waals surface area contributed by atoms with E-state index in [1.165, 1.54) is 6.92 Å². The zero-order valence-electron chi connectivity index (χ0n) is 17.1. The standard InChI is InChI=1S/C21H32O7/c1-12(22)8-6-5-7-9-14-15(11-26-13(2)23)18-21(19(28-21)17(14)25)10-16(24)20(3,4)27-18/h7,9,12,16-19,22,24-25H,5-6,8,10-11H2,1-4H3/b9-7+/t12-,16-,17+,18-,19-,21+/m0/s1. The highest BCUT2D eigenvalue weighted by Crippen LogP contribution is 2.58. The van der Waals surface area contributed by atoms with Crippen LogP contribution >= 0.6 is 0 Å². The number of allylic oxidation sites excluding steroid dienone is 1. The van der Waals surface area contributed by atoms with Gasteiger partial charge in [-0.1, -0.05) is 12.2 Å². The van der Waals surface area contributed by atoms with E-state index in [0.29, 0.717) is 24.0 Å². The number of unbranched alkanes of at least 4 members (excludes halogenated alkanes) is 1. The van der Waals surface area contributed by atoms with Crippen LogP contribution in [0.25, 0.3) is 0 Å². The molecule has 0 bridgehead atoms. The van der Waals surface area contributed by atoms with Gasteiger partial charge in [-0.25, -0.2) is 0 Å². The third-order valence-corrected chi connectivity index (χ3v) is 5.96. The highest BCUT2D eigenvalue weighted by molar-refractivity contribution is 5.66. The average molecular weight is 396 g/mol. The van der Waals surface area contributed by atoms with Gasteiger partial charge in [-0.3, -0.25) is 4.79 Å². The molecule has 0 radical (unpaired) electrons. The third kappa shape index (κ3) is 4.04. The Kier molecular flexibility index (Phi) is 6.04. The quantitative estimate of drug-likeness (QED) is 0.339. The first-order chi connectivity index (χ1) is 13.1. The second kappa shape index (κ2) is 7.88. The van der Waals surface area contributed by atoms with E-state index >= 15 is 0 Å². The van der Waals surface area contributed by atoms with Crippen molar-refractivity contribution in [2.75, 3.05) is 6.61 Å². The fourth-order valence-corrected chi connectivity index (χ4v) is 4.20. The van der Waals surface area contributed by atoms with Crippen LogP contribution in [0.15, 0.2) is 23.3 Å². The molecular weight excluding hydrogens is 364 g/mol. The van der Waals surface area contributed by atoms with Crippen molar-refractivity contribution in [2.45, 2.75) is 95.1 Å². The molecule has 0 amide bonds. The zero-order chi connectivity index (χ0) is 20.7. The lowest BCUT2D eigenvalue weighted by molar-refractivity contribution is -0.191. The summed E-state index contributed by atoms with van der Waals surface area (Å²) >= 11 is 0. The smallest absolute Gasteiger partial charge is 0.302 e. The maximum absolute atomic E-state index is 11.4.